The SMILES string of the molecule is CCCNc1nc(OCC)nc(=O)[nH]1. The average Bonchev–Trinajstić information content (AvgIpc) is 2.14. The number of hydrogen-bond acceptors (Lipinski definition) is 5. The lowest BCUT2D eigenvalue weighted by atomic mass is 10.5. The van der Waals surface area contributed by atoms with Crippen LogP contribution >= 0.6 is 0 Å². The molecule has 0 aliphatic carbocycles. The third-order valence-electron chi connectivity index (χ3n) is 1.45. The molecule has 0 radical (unpaired) electrons. The number of anilines is 1. The second-order valence-electron chi connectivity index (χ2n) is 2.64. The Labute approximate surface area is 81.7 Å². The van der Waals surface area contributed by atoms with E-state index >= 15 is 0 Å². The Morgan fingerprint density at radius 1 is 1.43 bits per heavy atom. The molecule has 1 rings (SSSR count). The average molecular weight is 198 g/mol. The molecule has 0 unspecified atom stereocenters. The number of nitrogens with one attached hydrogen (secondary N) is 2. The number of hydrogen-bond donors (Lipinski definition) is 2. The van der Waals surface area contributed by atoms with Crippen molar-refractivity contribution in [3.05, 3.63) is 10.5 Å². The Morgan fingerprint density at radius 3 is 2.86 bits per heavy atom. The minimum Gasteiger partial charge on any atom is -0.464 e. The van der Waals surface area contributed by atoms with Gasteiger partial charge in [0, 0.05) is 6.54 Å². The van der Waals surface area contributed by atoms with Crippen LogP contribution in [0.25, 0.3) is 0 Å². The van der Waals surface area contributed by atoms with Gasteiger partial charge < -0.3 is 10.1 Å². The van der Waals surface area contributed by atoms with Crippen molar-refractivity contribution in [1.82, 2.24) is 15.0 Å². The molecule has 6 nitrogen and oxygen atoms in total. The van der Waals surface area contributed by atoms with Crippen molar-refractivity contribution in [3.8, 4) is 6.01 Å². The summed E-state index contributed by atoms with van der Waals surface area (Å²) in [4.78, 5) is 21.0. The zero-order chi connectivity index (χ0) is 10.4. The highest BCUT2D eigenvalue weighted by molar-refractivity contribution is 5.23. The highest BCUT2D eigenvalue weighted by Crippen LogP contribution is 2.01. The first-order valence-corrected chi connectivity index (χ1v) is 4.61. The quantitative estimate of drug-likeness (QED) is 0.715. The maximum absolute atomic E-state index is 11.0. The van der Waals surface area contributed by atoms with E-state index < -0.39 is 5.69 Å². The lowest BCUT2D eigenvalue weighted by molar-refractivity contribution is 0.310. The van der Waals surface area contributed by atoms with E-state index in [-0.39, 0.29) is 6.01 Å². The molecule has 78 valence electrons. The zero-order valence-corrected chi connectivity index (χ0v) is 8.33. The van der Waals surface area contributed by atoms with Crippen LogP contribution in [-0.2, 0) is 0 Å². The van der Waals surface area contributed by atoms with Crippen molar-refractivity contribution in [1.29, 1.82) is 0 Å². The van der Waals surface area contributed by atoms with Crippen LogP contribution in [0.15, 0.2) is 4.79 Å². The number of aromatic nitrogens is 3. The van der Waals surface area contributed by atoms with E-state index in [4.69, 9.17) is 4.74 Å². The summed E-state index contributed by atoms with van der Waals surface area (Å²) in [5.74, 6) is 0.398. The second kappa shape index (κ2) is 5.21. The lowest BCUT2D eigenvalue weighted by Crippen LogP contribution is -2.17. The van der Waals surface area contributed by atoms with E-state index in [2.05, 4.69) is 20.3 Å². The lowest BCUT2D eigenvalue weighted by Gasteiger charge is -2.04. The monoisotopic (exact) mass is 198 g/mol. The summed E-state index contributed by atoms with van der Waals surface area (Å²) in [6.45, 7) is 5.02. The molecule has 0 fully saturated rings. The maximum atomic E-state index is 11.0. The van der Waals surface area contributed by atoms with Gasteiger partial charge in [-0.2, -0.15) is 4.98 Å². The molecule has 0 saturated carbocycles. The molecule has 0 bridgehead atoms. The van der Waals surface area contributed by atoms with Gasteiger partial charge in [-0.15, -0.1) is 4.98 Å². The molecule has 0 aliphatic heterocycles. The Balaban J connectivity index is 2.78. The number of H-pyrrole nitrogens is 1. The molecule has 1 heterocycles. The van der Waals surface area contributed by atoms with Gasteiger partial charge >= 0.3 is 11.7 Å². The standard InChI is InChI=1S/C8H14N4O2/c1-3-5-9-6-10-7(13)12-8(11-6)14-4-2/h3-5H2,1-2H3,(H2,9,10,11,12,13). The fraction of sp³-hybridized carbons (Fsp3) is 0.625. The van der Waals surface area contributed by atoms with E-state index in [1.54, 1.807) is 0 Å². The van der Waals surface area contributed by atoms with Gasteiger partial charge in [0.1, 0.15) is 0 Å². The molecule has 0 atom stereocenters. The van der Waals surface area contributed by atoms with Gasteiger partial charge in [0.25, 0.3) is 0 Å². The minimum atomic E-state index is -0.456. The van der Waals surface area contributed by atoms with Crippen molar-refractivity contribution >= 4 is 5.95 Å². The minimum absolute atomic E-state index is 0.106. The fourth-order valence-electron chi connectivity index (χ4n) is 0.885. The molecular weight excluding hydrogens is 184 g/mol. The van der Waals surface area contributed by atoms with E-state index in [9.17, 15) is 4.79 Å². The molecule has 0 aliphatic rings. The van der Waals surface area contributed by atoms with Crippen molar-refractivity contribution < 1.29 is 4.74 Å². The van der Waals surface area contributed by atoms with Gasteiger partial charge in [-0.3, -0.25) is 4.98 Å². The van der Waals surface area contributed by atoms with Gasteiger partial charge in [-0.05, 0) is 13.3 Å². The summed E-state index contributed by atoms with van der Waals surface area (Å²) in [7, 11) is 0. The molecule has 0 saturated heterocycles. The zero-order valence-electron chi connectivity index (χ0n) is 8.33. The summed E-state index contributed by atoms with van der Waals surface area (Å²) in [6, 6.07) is 0.106. The maximum Gasteiger partial charge on any atom is 0.352 e. The molecule has 6 heteroatoms. The second-order valence-corrected chi connectivity index (χ2v) is 2.64. The molecular formula is C8H14N4O2. The van der Waals surface area contributed by atoms with Crippen molar-refractivity contribution in [2.45, 2.75) is 20.3 Å². The van der Waals surface area contributed by atoms with Crippen LogP contribution in [0.5, 0.6) is 6.01 Å². The number of nitrogens with zero attached hydrogens (tertiary/aromatic N) is 2. The van der Waals surface area contributed by atoms with Crippen LogP contribution < -0.4 is 15.7 Å². The largest absolute Gasteiger partial charge is 0.464 e. The van der Waals surface area contributed by atoms with Gasteiger partial charge in [-0.25, -0.2) is 4.79 Å². The van der Waals surface area contributed by atoms with Crippen LogP contribution in [0.1, 0.15) is 20.3 Å². The van der Waals surface area contributed by atoms with E-state index in [0.717, 1.165) is 13.0 Å². The molecule has 0 spiro atoms. The van der Waals surface area contributed by atoms with Crippen LogP contribution in [0.3, 0.4) is 0 Å². The van der Waals surface area contributed by atoms with Gasteiger partial charge in [0.2, 0.25) is 5.95 Å². The van der Waals surface area contributed by atoms with Gasteiger partial charge in [0.05, 0.1) is 6.61 Å². The summed E-state index contributed by atoms with van der Waals surface area (Å²) in [6.07, 6.45) is 0.954. The summed E-state index contributed by atoms with van der Waals surface area (Å²) in [5, 5.41) is 2.95. The molecule has 1 aromatic heterocycles. The van der Waals surface area contributed by atoms with E-state index in [1.807, 2.05) is 13.8 Å². The Hall–Kier alpha value is -1.59. The summed E-state index contributed by atoms with van der Waals surface area (Å²) >= 11 is 0. The molecule has 14 heavy (non-hydrogen) atoms. The number of rotatable bonds is 5. The molecule has 1 aromatic rings. The van der Waals surface area contributed by atoms with Gasteiger partial charge in [0.15, 0.2) is 0 Å². The van der Waals surface area contributed by atoms with Crippen LogP contribution in [-0.4, -0.2) is 28.1 Å². The summed E-state index contributed by atoms with van der Waals surface area (Å²) < 4.78 is 5.03. The smallest absolute Gasteiger partial charge is 0.352 e. The molecule has 0 aromatic carbocycles. The first-order chi connectivity index (χ1) is 6.76. The number of aromatic amines is 1. The molecule has 2 N–H and O–H groups in total. The van der Waals surface area contributed by atoms with Crippen LogP contribution in [0.4, 0.5) is 5.95 Å². The first-order valence-electron chi connectivity index (χ1n) is 4.61. The Kier molecular flexibility index (Phi) is 3.90. The van der Waals surface area contributed by atoms with Gasteiger partial charge in [-0.1, -0.05) is 6.92 Å². The number of ether oxygens (including phenoxy) is 1. The highest BCUT2D eigenvalue weighted by Gasteiger charge is 2.01. The topological polar surface area (TPSA) is 79.9 Å². The first kappa shape index (κ1) is 10.5. The van der Waals surface area contributed by atoms with Crippen LogP contribution in [0.2, 0.25) is 0 Å². The predicted molar refractivity (Wildman–Crippen MR) is 52.6 cm³/mol. The van der Waals surface area contributed by atoms with E-state index in [0.29, 0.717) is 12.6 Å². The van der Waals surface area contributed by atoms with E-state index in [1.165, 1.54) is 0 Å². The third kappa shape index (κ3) is 3.04. The van der Waals surface area contributed by atoms with Crippen molar-refractivity contribution in [2.75, 3.05) is 18.5 Å². The third-order valence-corrected chi connectivity index (χ3v) is 1.45. The van der Waals surface area contributed by atoms with Crippen molar-refractivity contribution in [3.63, 3.8) is 0 Å². The Morgan fingerprint density at radius 2 is 2.21 bits per heavy atom. The van der Waals surface area contributed by atoms with Crippen molar-refractivity contribution in [2.24, 2.45) is 0 Å². The fourth-order valence-corrected chi connectivity index (χ4v) is 0.885. The molecule has 0 amide bonds. The Bertz CT molecular complexity index is 336. The predicted octanol–water partition coefficient (Wildman–Crippen LogP) is 0.385. The highest BCUT2D eigenvalue weighted by atomic mass is 16.5. The summed E-state index contributed by atoms with van der Waals surface area (Å²) in [5.41, 5.74) is -0.456. The van der Waals surface area contributed by atoms with Crippen LogP contribution in [0, 0.1) is 0 Å². The normalized spacial score (nSPS) is 9.86.